The summed E-state index contributed by atoms with van der Waals surface area (Å²) < 4.78 is 0. The highest BCUT2D eigenvalue weighted by atomic mass is 16.1. The maximum Gasteiger partial charge on any atom is 0.251 e. The second kappa shape index (κ2) is 6.94. The van der Waals surface area contributed by atoms with E-state index in [0.29, 0.717) is 11.5 Å². The zero-order valence-corrected chi connectivity index (χ0v) is 13.6. The average Bonchev–Trinajstić information content (AvgIpc) is 3.09. The van der Waals surface area contributed by atoms with Crippen molar-refractivity contribution in [3.8, 4) is 0 Å². The highest BCUT2D eigenvalue weighted by Gasteiger charge is 2.19. The lowest BCUT2D eigenvalue weighted by Crippen LogP contribution is -2.26. The van der Waals surface area contributed by atoms with Crippen LogP contribution >= 0.6 is 0 Å². The van der Waals surface area contributed by atoms with Crippen molar-refractivity contribution in [1.82, 2.24) is 16.2 Å². The summed E-state index contributed by atoms with van der Waals surface area (Å²) in [7, 11) is 0. The summed E-state index contributed by atoms with van der Waals surface area (Å²) in [6.45, 7) is 5.93. The van der Waals surface area contributed by atoms with Gasteiger partial charge >= 0.3 is 0 Å². The number of hydrogen-bond acceptors (Lipinski definition) is 3. The first kappa shape index (κ1) is 15.7. The van der Waals surface area contributed by atoms with E-state index in [2.05, 4.69) is 29.2 Å². The van der Waals surface area contributed by atoms with E-state index in [1.54, 1.807) is 0 Å². The van der Waals surface area contributed by atoms with Gasteiger partial charge in [0.1, 0.15) is 0 Å². The molecular formula is C19H23N3O. The van der Waals surface area contributed by atoms with Crippen molar-refractivity contribution in [2.75, 3.05) is 13.1 Å². The zero-order valence-electron chi connectivity index (χ0n) is 13.6. The molecule has 0 spiro atoms. The molecule has 2 aromatic carbocycles. The fourth-order valence-electron chi connectivity index (χ4n) is 3.06. The van der Waals surface area contributed by atoms with Crippen LogP contribution in [-0.2, 0) is 0 Å². The van der Waals surface area contributed by atoms with Gasteiger partial charge in [0.25, 0.3) is 5.91 Å². The first-order chi connectivity index (χ1) is 11.1. The van der Waals surface area contributed by atoms with Crippen LogP contribution in [0.2, 0.25) is 0 Å². The lowest BCUT2D eigenvalue weighted by molar-refractivity contribution is 0.0940. The maximum atomic E-state index is 12.5. The number of nitrogens with one attached hydrogen (secondary N) is 3. The molecule has 1 amide bonds. The van der Waals surface area contributed by atoms with Gasteiger partial charge in [-0.25, -0.2) is 0 Å². The lowest BCUT2D eigenvalue weighted by atomic mass is 9.94. The van der Waals surface area contributed by atoms with Crippen LogP contribution < -0.4 is 16.2 Å². The van der Waals surface area contributed by atoms with E-state index in [4.69, 9.17) is 0 Å². The first-order valence-corrected chi connectivity index (χ1v) is 8.07. The Morgan fingerprint density at radius 2 is 1.83 bits per heavy atom. The maximum absolute atomic E-state index is 12.5. The Morgan fingerprint density at radius 3 is 2.48 bits per heavy atom. The fraction of sp³-hybridized carbons (Fsp3) is 0.316. The monoisotopic (exact) mass is 309 g/mol. The Kier molecular flexibility index (Phi) is 4.74. The van der Waals surface area contributed by atoms with Crippen molar-refractivity contribution in [2.45, 2.75) is 25.8 Å². The summed E-state index contributed by atoms with van der Waals surface area (Å²) in [5.74, 6) is 0.439. The average molecular weight is 309 g/mol. The van der Waals surface area contributed by atoms with Gasteiger partial charge in [0.2, 0.25) is 0 Å². The topological polar surface area (TPSA) is 53.2 Å². The standard InChI is InChI=1S/C19H23N3O/c1-13-10-16(8-9-18(13)17-11-20-21-12-17)19(23)22-14(2)15-6-4-3-5-7-15/h3-10,14,17,20-21H,11-12H2,1-2H3,(H,22,23)/t14-/m1/s1. The highest BCUT2D eigenvalue weighted by Crippen LogP contribution is 2.22. The predicted octanol–water partition coefficient (Wildman–Crippen LogP) is 2.68. The zero-order chi connectivity index (χ0) is 16.2. The Labute approximate surface area is 137 Å². The molecule has 0 radical (unpaired) electrons. The number of amides is 1. The van der Waals surface area contributed by atoms with Crippen LogP contribution in [0.4, 0.5) is 0 Å². The first-order valence-electron chi connectivity index (χ1n) is 8.07. The van der Waals surface area contributed by atoms with Crippen molar-refractivity contribution >= 4 is 5.91 Å². The minimum atomic E-state index is -0.0290. The van der Waals surface area contributed by atoms with Crippen LogP contribution in [0.3, 0.4) is 0 Å². The largest absolute Gasteiger partial charge is 0.346 e. The van der Waals surface area contributed by atoms with Gasteiger partial charge in [-0.1, -0.05) is 36.4 Å². The molecule has 1 aliphatic heterocycles. The predicted molar refractivity (Wildman–Crippen MR) is 92.2 cm³/mol. The molecular weight excluding hydrogens is 286 g/mol. The second-order valence-electron chi connectivity index (χ2n) is 6.14. The summed E-state index contributed by atoms with van der Waals surface area (Å²) in [6, 6.07) is 16.0. The van der Waals surface area contributed by atoms with Gasteiger partial charge in [-0.2, -0.15) is 0 Å². The second-order valence-corrected chi connectivity index (χ2v) is 6.14. The van der Waals surface area contributed by atoms with Gasteiger partial charge in [-0.15, -0.1) is 0 Å². The number of aryl methyl sites for hydroxylation is 1. The van der Waals surface area contributed by atoms with Crippen molar-refractivity contribution in [3.05, 3.63) is 70.8 Å². The van der Waals surface area contributed by atoms with Crippen molar-refractivity contribution < 1.29 is 4.79 Å². The SMILES string of the molecule is Cc1cc(C(=O)N[C@H](C)c2ccccc2)ccc1C1CNNC1. The van der Waals surface area contributed by atoms with Crippen molar-refractivity contribution in [3.63, 3.8) is 0 Å². The quantitative estimate of drug-likeness (QED) is 0.814. The molecule has 1 heterocycles. The number of benzene rings is 2. The van der Waals surface area contributed by atoms with E-state index in [-0.39, 0.29) is 11.9 Å². The van der Waals surface area contributed by atoms with Crippen LogP contribution in [0.1, 0.15) is 45.9 Å². The molecule has 120 valence electrons. The smallest absolute Gasteiger partial charge is 0.251 e. The molecule has 0 saturated carbocycles. The number of carbonyl (C=O) groups excluding carboxylic acids is 1. The molecule has 0 unspecified atom stereocenters. The minimum Gasteiger partial charge on any atom is -0.346 e. The highest BCUT2D eigenvalue weighted by molar-refractivity contribution is 5.94. The lowest BCUT2D eigenvalue weighted by Gasteiger charge is -2.16. The van der Waals surface area contributed by atoms with Gasteiger partial charge in [0.15, 0.2) is 0 Å². The molecule has 1 fully saturated rings. The number of carbonyl (C=O) groups is 1. The molecule has 1 saturated heterocycles. The third kappa shape index (κ3) is 3.60. The molecule has 23 heavy (non-hydrogen) atoms. The molecule has 3 N–H and O–H groups in total. The molecule has 0 aromatic heterocycles. The van der Waals surface area contributed by atoms with E-state index in [0.717, 1.165) is 18.7 Å². The molecule has 0 aliphatic carbocycles. The van der Waals surface area contributed by atoms with E-state index in [1.165, 1.54) is 11.1 Å². The summed E-state index contributed by atoms with van der Waals surface area (Å²) in [5, 5.41) is 3.07. The molecule has 1 atom stereocenters. The van der Waals surface area contributed by atoms with Crippen LogP contribution in [0.15, 0.2) is 48.5 Å². The third-order valence-electron chi connectivity index (χ3n) is 4.44. The van der Waals surface area contributed by atoms with Gasteiger partial charge in [0, 0.05) is 24.6 Å². The fourth-order valence-corrected chi connectivity index (χ4v) is 3.06. The third-order valence-corrected chi connectivity index (χ3v) is 4.44. The molecule has 4 heteroatoms. The summed E-state index contributed by atoms with van der Waals surface area (Å²) in [5.41, 5.74) is 10.6. The molecule has 1 aliphatic rings. The van der Waals surface area contributed by atoms with E-state index >= 15 is 0 Å². The summed E-state index contributed by atoms with van der Waals surface area (Å²) >= 11 is 0. The Bertz CT molecular complexity index is 678. The number of rotatable bonds is 4. The molecule has 3 rings (SSSR count). The van der Waals surface area contributed by atoms with Crippen LogP contribution in [-0.4, -0.2) is 19.0 Å². The normalized spacial score (nSPS) is 16.3. The van der Waals surface area contributed by atoms with E-state index in [9.17, 15) is 4.79 Å². The van der Waals surface area contributed by atoms with Crippen molar-refractivity contribution in [1.29, 1.82) is 0 Å². The Balaban J connectivity index is 1.71. The Hall–Kier alpha value is -2.17. The van der Waals surface area contributed by atoms with Crippen molar-refractivity contribution in [2.24, 2.45) is 0 Å². The minimum absolute atomic E-state index is 0.00749. The van der Waals surface area contributed by atoms with Crippen LogP contribution in [0.25, 0.3) is 0 Å². The van der Waals surface area contributed by atoms with Crippen LogP contribution in [0.5, 0.6) is 0 Å². The van der Waals surface area contributed by atoms with Gasteiger partial charge in [-0.3, -0.25) is 15.6 Å². The number of hydrogen-bond donors (Lipinski definition) is 3. The van der Waals surface area contributed by atoms with Gasteiger partial charge in [0.05, 0.1) is 6.04 Å². The van der Waals surface area contributed by atoms with E-state index < -0.39 is 0 Å². The van der Waals surface area contributed by atoms with Crippen LogP contribution in [0, 0.1) is 6.92 Å². The van der Waals surface area contributed by atoms with E-state index in [1.807, 2.05) is 49.4 Å². The molecule has 2 aromatic rings. The Morgan fingerprint density at radius 1 is 1.13 bits per heavy atom. The summed E-state index contributed by atoms with van der Waals surface area (Å²) in [6.07, 6.45) is 0. The summed E-state index contributed by atoms with van der Waals surface area (Å²) in [4.78, 5) is 12.5. The molecule has 0 bridgehead atoms. The van der Waals surface area contributed by atoms with Gasteiger partial charge in [-0.05, 0) is 42.7 Å². The molecule has 4 nitrogen and oxygen atoms in total. The van der Waals surface area contributed by atoms with Gasteiger partial charge < -0.3 is 5.32 Å². The number of hydrazine groups is 1.